The second-order valence-electron chi connectivity index (χ2n) is 13.1. The van der Waals surface area contributed by atoms with E-state index >= 15 is 0 Å². The van der Waals surface area contributed by atoms with Crippen LogP contribution in [0.25, 0.3) is 104 Å². The zero-order valence-electron chi connectivity index (χ0n) is 27.7. The Labute approximate surface area is 302 Å². The SMILES string of the molecule is c1ccc(-c2nc(-c3ccccc3)nc(-c3ccc(-c4cc5c6cc7ccccc7cc6sc5c5nc6cc7ccccc7cc6n45)cc3)n2)cc1. The normalized spacial score (nSPS) is 11.8. The van der Waals surface area contributed by atoms with E-state index in [0.29, 0.717) is 17.5 Å². The molecule has 6 heteroatoms. The second kappa shape index (κ2) is 11.4. The van der Waals surface area contributed by atoms with Crippen LogP contribution in [-0.2, 0) is 0 Å². The molecule has 0 radical (unpaired) electrons. The van der Waals surface area contributed by atoms with Gasteiger partial charge in [0.05, 0.1) is 21.4 Å². The van der Waals surface area contributed by atoms with E-state index in [2.05, 4.69) is 108 Å². The number of hydrogen-bond donors (Lipinski definition) is 0. The number of benzene rings is 7. The number of fused-ring (bicyclic) bond motifs is 9. The molecule has 0 amide bonds. The van der Waals surface area contributed by atoms with Crippen molar-refractivity contribution in [2.45, 2.75) is 0 Å². The molecule has 11 rings (SSSR count). The molecule has 0 fully saturated rings. The molecule has 0 N–H and O–H groups in total. The predicted octanol–water partition coefficient (Wildman–Crippen LogP) is 12.0. The number of thiophene rings is 1. The van der Waals surface area contributed by atoms with Gasteiger partial charge < -0.3 is 0 Å². The van der Waals surface area contributed by atoms with Crippen LogP contribution in [-0.4, -0.2) is 24.3 Å². The minimum atomic E-state index is 0.634. The molecule has 7 aromatic carbocycles. The van der Waals surface area contributed by atoms with Gasteiger partial charge in [-0.2, -0.15) is 0 Å². The van der Waals surface area contributed by atoms with Gasteiger partial charge in [-0.3, -0.25) is 4.40 Å². The maximum absolute atomic E-state index is 5.33. The Morgan fingerprint density at radius 1 is 0.404 bits per heavy atom. The Kier molecular flexibility index (Phi) is 6.35. The molecule has 0 atom stereocenters. The summed E-state index contributed by atoms with van der Waals surface area (Å²) in [6.45, 7) is 0. The van der Waals surface area contributed by atoms with Crippen molar-refractivity contribution in [3.63, 3.8) is 0 Å². The van der Waals surface area contributed by atoms with E-state index in [-0.39, 0.29) is 0 Å². The van der Waals surface area contributed by atoms with Crippen LogP contribution in [0.1, 0.15) is 0 Å². The maximum atomic E-state index is 5.33. The highest BCUT2D eigenvalue weighted by Gasteiger charge is 2.19. The van der Waals surface area contributed by atoms with Crippen LogP contribution in [0.2, 0.25) is 0 Å². The first-order chi connectivity index (χ1) is 25.7. The molecule has 52 heavy (non-hydrogen) atoms. The highest BCUT2D eigenvalue weighted by molar-refractivity contribution is 7.26. The number of rotatable bonds is 4. The summed E-state index contributed by atoms with van der Waals surface area (Å²) in [5.41, 5.74) is 8.05. The average molecular weight is 682 g/mol. The van der Waals surface area contributed by atoms with Crippen molar-refractivity contribution in [1.82, 2.24) is 24.3 Å². The molecule has 0 aliphatic heterocycles. The first-order valence-electron chi connectivity index (χ1n) is 17.3. The molecular weight excluding hydrogens is 655 g/mol. The van der Waals surface area contributed by atoms with Crippen LogP contribution < -0.4 is 0 Å². The lowest BCUT2D eigenvalue weighted by atomic mass is 10.0. The van der Waals surface area contributed by atoms with Crippen LogP contribution in [0.4, 0.5) is 0 Å². The summed E-state index contributed by atoms with van der Waals surface area (Å²) in [5.74, 6) is 1.93. The number of pyridine rings is 1. The van der Waals surface area contributed by atoms with Crippen LogP contribution in [0.3, 0.4) is 0 Å². The fourth-order valence-electron chi connectivity index (χ4n) is 7.41. The molecule has 11 aromatic rings. The van der Waals surface area contributed by atoms with Crippen molar-refractivity contribution < 1.29 is 0 Å². The van der Waals surface area contributed by atoms with Gasteiger partial charge in [-0.15, -0.1) is 11.3 Å². The molecule has 5 nitrogen and oxygen atoms in total. The van der Waals surface area contributed by atoms with Gasteiger partial charge in [-0.25, -0.2) is 19.9 Å². The van der Waals surface area contributed by atoms with Gasteiger partial charge in [-0.05, 0) is 57.4 Å². The van der Waals surface area contributed by atoms with Crippen molar-refractivity contribution in [3.8, 4) is 45.4 Å². The van der Waals surface area contributed by atoms with E-state index in [9.17, 15) is 0 Å². The summed E-state index contributed by atoms with van der Waals surface area (Å²) in [6.07, 6.45) is 0. The molecule has 0 aliphatic rings. The van der Waals surface area contributed by atoms with E-state index in [1.807, 2.05) is 72.0 Å². The number of nitrogens with zero attached hydrogens (tertiary/aromatic N) is 5. The van der Waals surface area contributed by atoms with E-state index in [1.165, 1.54) is 41.7 Å². The lowest BCUT2D eigenvalue weighted by Crippen LogP contribution is -2.00. The van der Waals surface area contributed by atoms with Crippen molar-refractivity contribution in [2.75, 3.05) is 0 Å². The Bertz CT molecular complexity index is 3110. The summed E-state index contributed by atoms with van der Waals surface area (Å²) in [4.78, 5) is 20.2. The van der Waals surface area contributed by atoms with Crippen LogP contribution in [0.5, 0.6) is 0 Å². The molecule has 0 aliphatic carbocycles. The van der Waals surface area contributed by atoms with E-state index in [4.69, 9.17) is 19.9 Å². The molecule has 0 saturated heterocycles. The third-order valence-corrected chi connectivity index (χ3v) is 11.1. The maximum Gasteiger partial charge on any atom is 0.164 e. The zero-order chi connectivity index (χ0) is 34.2. The fraction of sp³-hybridized carbons (Fsp3) is 0. The molecule has 4 aromatic heterocycles. The van der Waals surface area contributed by atoms with Crippen molar-refractivity contribution in [2.24, 2.45) is 0 Å². The van der Waals surface area contributed by atoms with Crippen molar-refractivity contribution >= 4 is 69.7 Å². The number of imidazole rings is 1. The Morgan fingerprint density at radius 3 is 1.52 bits per heavy atom. The van der Waals surface area contributed by atoms with Crippen LogP contribution in [0, 0.1) is 0 Å². The first kappa shape index (κ1) is 29.0. The Balaban J connectivity index is 1.14. The zero-order valence-corrected chi connectivity index (χ0v) is 28.5. The quantitative estimate of drug-likeness (QED) is 0.185. The topological polar surface area (TPSA) is 56.0 Å². The minimum Gasteiger partial charge on any atom is -0.291 e. The second-order valence-corrected chi connectivity index (χ2v) is 14.2. The van der Waals surface area contributed by atoms with E-state index in [1.54, 1.807) is 0 Å². The molecule has 0 spiro atoms. The molecule has 0 saturated carbocycles. The van der Waals surface area contributed by atoms with E-state index in [0.717, 1.165) is 44.6 Å². The first-order valence-corrected chi connectivity index (χ1v) is 18.1. The largest absolute Gasteiger partial charge is 0.291 e. The lowest BCUT2D eigenvalue weighted by Gasteiger charge is -2.11. The third kappa shape index (κ3) is 4.62. The standard InChI is InChI=1S/C46H27N5S/c1-3-11-29(12-4-1)43-48-44(30-13-5-2-6-14-30)50-45(49-43)31-21-19-28(20-22-31)39-27-37-36-23-32-15-7-10-18-35(32)26-41(36)52-42(37)46-47-38-24-33-16-8-9-17-34(33)25-40(38)51(39)46/h1-27H. The third-order valence-electron chi connectivity index (χ3n) is 9.98. The average Bonchev–Trinajstić information content (AvgIpc) is 3.77. The molecular formula is C46H27N5S. The lowest BCUT2D eigenvalue weighted by molar-refractivity contribution is 1.07. The summed E-state index contributed by atoms with van der Waals surface area (Å²) in [5, 5.41) is 7.34. The van der Waals surface area contributed by atoms with Gasteiger partial charge in [0, 0.05) is 32.2 Å². The summed E-state index contributed by atoms with van der Waals surface area (Å²) in [6, 6.07) is 57.4. The molecule has 4 heterocycles. The van der Waals surface area contributed by atoms with E-state index < -0.39 is 0 Å². The smallest absolute Gasteiger partial charge is 0.164 e. The van der Waals surface area contributed by atoms with Crippen molar-refractivity contribution in [1.29, 1.82) is 0 Å². The monoisotopic (exact) mass is 681 g/mol. The van der Waals surface area contributed by atoms with Crippen LogP contribution in [0.15, 0.2) is 164 Å². The predicted molar refractivity (Wildman–Crippen MR) is 216 cm³/mol. The summed E-state index contributed by atoms with van der Waals surface area (Å²) >= 11 is 1.82. The van der Waals surface area contributed by atoms with Gasteiger partial charge in [0.1, 0.15) is 0 Å². The van der Waals surface area contributed by atoms with Crippen molar-refractivity contribution in [3.05, 3.63) is 164 Å². The Hall–Kier alpha value is -6.76. The highest BCUT2D eigenvalue weighted by atomic mass is 32.1. The number of aromatic nitrogens is 5. The highest BCUT2D eigenvalue weighted by Crippen LogP contribution is 2.42. The van der Waals surface area contributed by atoms with Gasteiger partial charge in [0.2, 0.25) is 0 Å². The molecule has 242 valence electrons. The number of hydrogen-bond acceptors (Lipinski definition) is 5. The van der Waals surface area contributed by atoms with Gasteiger partial charge >= 0.3 is 0 Å². The Morgan fingerprint density at radius 2 is 0.904 bits per heavy atom. The molecule has 0 bridgehead atoms. The summed E-state index contributed by atoms with van der Waals surface area (Å²) < 4.78 is 4.80. The minimum absolute atomic E-state index is 0.634. The van der Waals surface area contributed by atoms with Gasteiger partial charge in [-0.1, -0.05) is 133 Å². The van der Waals surface area contributed by atoms with Crippen LogP contribution >= 0.6 is 11.3 Å². The molecule has 0 unspecified atom stereocenters. The van der Waals surface area contributed by atoms with Gasteiger partial charge in [0.25, 0.3) is 0 Å². The van der Waals surface area contributed by atoms with Gasteiger partial charge in [0.15, 0.2) is 23.1 Å². The summed E-state index contributed by atoms with van der Waals surface area (Å²) in [7, 11) is 0. The fourth-order valence-corrected chi connectivity index (χ4v) is 8.60.